The highest BCUT2D eigenvalue weighted by Gasteiger charge is 2.26. The topological polar surface area (TPSA) is 81.7 Å². The van der Waals surface area contributed by atoms with Crippen molar-refractivity contribution in [2.24, 2.45) is 0 Å². The molecule has 1 fully saturated rings. The molecule has 0 unspecified atom stereocenters. The molecule has 5 rings (SSSR count). The lowest BCUT2D eigenvalue weighted by atomic mass is 10.0. The van der Waals surface area contributed by atoms with E-state index in [0.717, 1.165) is 42.7 Å². The SMILES string of the molecule is O=C(CN1CCC(Nc2cccc(O)c2)CC1)Nc1ccc2c(c1)-c1ccccc1C2=O. The summed E-state index contributed by atoms with van der Waals surface area (Å²) >= 11 is 0. The van der Waals surface area contributed by atoms with Crippen molar-refractivity contribution in [3.8, 4) is 16.9 Å². The summed E-state index contributed by atoms with van der Waals surface area (Å²) in [7, 11) is 0. The van der Waals surface area contributed by atoms with Crippen molar-refractivity contribution in [1.29, 1.82) is 0 Å². The Bertz CT molecular complexity index is 1180. The van der Waals surface area contributed by atoms with Gasteiger partial charge in [-0.1, -0.05) is 30.3 Å². The number of piperidine rings is 1. The number of ketones is 1. The van der Waals surface area contributed by atoms with Crippen LogP contribution < -0.4 is 10.6 Å². The third-order valence-electron chi connectivity index (χ3n) is 6.18. The van der Waals surface area contributed by atoms with Crippen LogP contribution in [0.2, 0.25) is 0 Å². The van der Waals surface area contributed by atoms with E-state index in [9.17, 15) is 14.7 Å². The minimum Gasteiger partial charge on any atom is -0.508 e. The molecule has 0 radical (unpaired) electrons. The van der Waals surface area contributed by atoms with Crippen molar-refractivity contribution in [3.63, 3.8) is 0 Å². The van der Waals surface area contributed by atoms with Crippen LogP contribution >= 0.6 is 0 Å². The van der Waals surface area contributed by atoms with Gasteiger partial charge in [-0.25, -0.2) is 0 Å². The normalized spacial score (nSPS) is 15.8. The number of carbonyl (C=O) groups excluding carboxylic acids is 2. The number of anilines is 2. The van der Waals surface area contributed by atoms with Crippen LogP contribution in [0.4, 0.5) is 11.4 Å². The summed E-state index contributed by atoms with van der Waals surface area (Å²) in [5.74, 6) is 0.237. The fourth-order valence-corrected chi connectivity index (χ4v) is 4.57. The number of fused-ring (bicyclic) bond motifs is 3. The van der Waals surface area contributed by atoms with Crippen LogP contribution in [0.15, 0.2) is 66.7 Å². The molecule has 32 heavy (non-hydrogen) atoms. The Morgan fingerprint density at radius 2 is 1.62 bits per heavy atom. The highest BCUT2D eigenvalue weighted by molar-refractivity contribution is 6.22. The molecule has 1 saturated heterocycles. The van der Waals surface area contributed by atoms with Gasteiger partial charge in [0.2, 0.25) is 5.91 Å². The van der Waals surface area contributed by atoms with Crippen molar-refractivity contribution in [2.75, 3.05) is 30.3 Å². The van der Waals surface area contributed by atoms with Crippen molar-refractivity contribution < 1.29 is 14.7 Å². The average molecular weight is 428 g/mol. The number of phenolic OH excluding ortho intramolecular Hbond substituents is 1. The summed E-state index contributed by atoms with van der Waals surface area (Å²) in [5, 5.41) is 16.1. The van der Waals surface area contributed by atoms with Gasteiger partial charge in [-0.3, -0.25) is 14.5 Å². The minimum atomic E-state index is -0.0538. The number of benzene rings is 3. The fraction of sp³-hybridized carbons (Fsp3) is 0.231. The number of nitrogens with zero attached hydrogens (tertiary/aromatic N) is 1. The molecule has 3 N–H and O–H groups in total. The van der Waals surface area contributed by atoms with Gasteiger partial charge in [-0.05, 0) is 54.3 Å². The van der Waals surface area contributed by atoms with Gasteiger partial charge in [0.1, 0.15) is 5.75 Å². The molecule has 1 aliphatic heterocycles. The van der Waals surface area contributed by atoms with E-state index in [2.05, 4.69) is 15.5 Å². The number of nitrogens with one attached hydrogen (secondary N) is 2. The van der Waals surface area contributed by atoms with Crippen LogP contribution in [-0.4, -0.2) is 47.4 Å². The molecule has 0 spiro atoms. The van der Waals surface area contributed by atoms with Gasteiger partial charge in [-0.15, -0.1) is 0 Å². The predicted octanol–water partition coefficient (Wildman–Crippen LogP) is 4.12. The van der Waals surface area contributed by atoms with Gasteiger partial charge >= 0.3 is 0 Å². The molecule has 1 amide bonds. The molecule has 1 aliphatic carbocycles. The second-order valence-corrected chi connectivity index (χ2v) is 8.43. The van der Waals surface area contributed by atoms with Gasteiger partial charge in [0.15, 0.2) is 5.78 Å². The quantitative estimate of drug-likeness (QED) is 0.446. The van der Waals surface area contributed by atoms with Gasteiger partial charge in [-0.2, -0.15) is 0 Å². The standard InChI is InChI=1S/C26H25N3O3/c30-20-5-3-4-18(14-20)27-17-10-12-29(13-11-17)16-25(31)28-19-8-9-23-24(15-19)21-6-1-2-7-22(21)26(23)32/h1-9,14-15,17,27,30H,10-13,16H2,(H,28,31). The second-order valence-electron chi connectivity index (χ2n) is 8.43. The van der Waals surface area contributed by atoms with Crippen molar-refractivity contribution in [3.05, 3.63) is 77.9 Å². The molecule has 1 heterocycles. The fourth-order valence-electron chi connectivity index (χ4n) is 4.57. The lowest BCUT2D eigenvalue weighted by molar-refractivity contribution is -0.117. The number of likely N-dealkylation sites (tertiary alicyclic amines) is 1. The summed E-state index contributed by atoms with van der Waals surface area (Å²) in [6, 6.07) is 20.5. The maximum absolute atomic E-state index is 12.6. The van der Waals surface area contributed by atoms with E-state index >= 15 is 0 Å². The first-order chi connectivity index (χ1) is 15.6. The molecule has 6 nitrogen and oxygen atoms in total. The number of phenols is 1. The molecular formula is C26H25N3O3. The Kier molecular flexibility index (Phi) is 5.37. The number of aromatic hydroxyl groups is 1. The Hall–Kier alpha value is -3.64. The number of hydrogen-bond acceptors (Lipinski definition) is 5. The number of hydrogen-bond donors (Lipinski definition) is 3. The summed E-state index contributed by atoms with van der Waals surface area (Å²) in [4.78, 5) is 27.3. The maximum Gasteiger partial charge on any atom is 0.238 e. The Morgan fingerprint density at radius 1 is 0.875 bits per heavy atom. The van der Waals surface area contributed by atoms with Gasteiger partial charge in [0.05, 0.1) is 6.54 Å². The van der Waals surface area contributed by atoms with Crippen LogP contribution in [0.3, 0.4) is 0 Å². The van der Waals surface area contributed by atoms with Gasteiger partial charge in [0.25, 0.3) is 0 Å². The highest BCUT2D eigenvalue weighted by Crippen LogP contribution is 2.37. The van der Waals surface area contributed by atoms with Crippen molar-refractivity contribution >= 4 is 23.1 Å². The van der Waals surface area contributed by atoms with E-state index in [4.69, 9.17) is 0 Å². The molecule has 2 aliphatic rings. The van der Waals surface area contributed by atoms with E-state index in [1.165, 1.54) is 0 Å². The summed E-state index contributed by atoms with van der Waals surface area (Å²) in [5.41, 5.74) is 4.82. The van der Waals surface area contributed by atoms with E-state index < -0.39 is 0 Å². The summed E-state index contributed by atoms with van der Waals surface area (Å²) < 4.78 is 0. The van der Waals surface area contributed by atoms with Crippen molar-refractivity contribution in [2.45, 2.75) is 18.9 Å². The smallest absolute Gasteiger partial charge is 0.238 e. The van der Waals surface area contributed by atoms with Crippen LogP contribution in [-0.2, 0) is 4.79 Å². The van der Waals surface area contributed by atoms with E-state index in [1.807, 2.05) is 42.5 Å². The second kappa shape index (κ2) is 8.48. The zero-order valence-corrected chi connectivity index (χ0v) is 17.7. The van der Waals surface area contributed by atoms with Crippen molar-refractivity contribution in [1.82, 2.24) is 4.90 Å². The van der Waals surface area contributed by atoms with E-state index in [1.54, 1.807) is 24.3 Å². The molecular weight excluding hydrogens is 402 g/mol. The Labute approximate surface area is 186 Å². The molecule has 6 heteroatoms. The van der Waals surface area contributed by atoms with Crippen LogP contribution in [0.5, 0.6) is 5.75 Å². The maximum atomic E-state index is 12.6. The zero-order valence-electron chi connectivity index (χ0n) is 17.7. The monoisotopic (exact) mass is 427 g/mol. The Balaban J connectivity index is 1.16. The molecule has 0 saturated carbocycles. The lowest BCUT2D eigenvalue weighted by Gasteiger charge is -2.32. The summed E-state index contributed by atoms with van der Waals surface area (Å²) in [6.07, 6.45) is 1.86. The van der Waals surface area contributed by atoms with E-state index in [0.29, 0.717) is 29.4 Å². The molecule has 3 aromatic carbocycles. The lowest BCUT2D eigenvalue weighted by Crippen LogP contribution is -2.42. The number of rotatable bonds is 5. The largest absolute Gasteiger partial charge is 0.508 e. The predicted molar refractivity (Wildman–Crippen MR) is 125 cm³/mol. The summed E-state index contributed by atoms with van der Waals surface area (Å²) in [6.45, 7) is 2.00. The minimum absolute atomic E-state index is 0.0377. The first-order valence-corrected chi connectivity index (χ1v) is 10.9. The molecule has 3 aromatic rings. The molecule has 0 atom stereocenters. The first kappa shape index (κ1) is 20.3. The van der Waals surface area contributed by atoms with Gasteiger partial charge in [0, 0.05) is 47.7 Å². The number of amides is 1. The van der Waals surface area contributed by atoms with Crippen LogP contribution in [0, 0.1) is 0 Å². The highest BCUT2D eigenvalue weighted by atomic mass is 16.3. The average Bonchev–Trinajstić information content (AvgIpc) is 3.07. The first-order valence-electron chi connectivity index (χ1n) is 10.9. The molecule has 162 valence electrons. The third-order valence-corrected chi connectivity index (χ3v) is 6.18. The zero-order chi connectivity index (χ0) is 22.1. The van der Waals surface area contributed by atoms with Crippen LogP contribution in [0.25, 0.3) is 11.1 Å². The molecule has 0 aromatic heterocycles. The third kappa shape index (κ3) is 4.09. The Morgan fingerprint density at radius 3 is 2.41 bits per heavy atom. The number of carbonyl (C=O) groups is 2. The van der Waals surface area contributed by atoms with E-state index in [-0.39, 0.29) is 17.4 Å². The molecule has 0 bridgehead atoms. The van der Waals surface area contributed by atoms with Gasteiger partial charge < -0.3 is 15.7 Å². The van der Waals surface area contributed by atoms with Crippen LogP contribution in [0.1, 0.15) is 28.8 Å².